The van der Waals surface area contributed by atoms with Gasteiger partial charge in [0.25, 0.3) is 0 Å². The quantitative estimate of drug-likeness (QED) is 0.799. The van der Waals surface area contributed by atoms with E-state index in [0.29, 0.717) is 12.1 Å². The molecule has 2 fully saturated rings. The molecule has 0 amide bonds. The van der Waals surface area contributed by atoms with Crippen LogP contribution in [0.5, 0.6) is 0 Å². The fourth-order valence-electron chi connectivity index (χ4n) is 2.87. The van der Waals surface area contributed by atoms with Gasteiger partial charge in [0.05, 0.1) is 11.7 Å². The van der Waals surface area contributed by atoms with Crippen molar-refractivity contribution >= 4 is 5.97 Å². The number of hydrogen-bond donors (Lipinski definition) is 1. The summed E-state index contributed by atoms with van der Waals surface area (Å²) in [6, 6.07) is 0.574. The van der Waals surface area contributed by atoms with Crippen LogP contribution < -0.4 is 0 Å². The highest BCUT2D eigenvalue weighted by Crippen LogP contribution is 2.31. The number of carbonyl (C=O) groups is 1. The van der Waals surface area contributed by atoms with E-state index in [1.54, 1.807) is 0 Å². The third kappa shape index (κ3) is 3.22. The highest BCUT2D eigenvalue weighted by atomic mass is 16.5. The van der Waals surface area contributed by atoms with Crippen LogP contribution in [0.25, 0.3) is 0 Å². The summed E-state index contributed by atoms with van der Waals surface area (Å²) in [4.78, 5) is 12.9. The highest BCUT2D eigenvalue weighted by molar-refractivity contribution is 5.68. The Balaban J connectivity index is 1.75. The molecule has 0 aromatic rings. The zero-order chi connectivity index (χ0) is 13.2. The van der Waals surface area contributed by atoms with Crippen molar-refractivity contribution in [1.29, 1.82) is 0 Å². The first-order valence-electron chi connectivity index (χ1n) is 6.74. The van der Waals surface area contributed by atoms with E-state index in [1.165, 1.54) is 0 Å². The lowest BCUT2D eigenvalue weighted by molar-refractivity contribution is -0.175. The molecule has 2 aliphatic heterocycles. The standard InChI is InChI=1S/C13H23NO4/c1-3-11-6-10(4-5-17-11)14-8-13(2,9-14)18-7-12(15)16/h10-11H,3-9H2,1-2H3,(H,15,16). The Morgan fingerprint density at radius 3 is 2.89 bits per heavy atom. The molecule has 0 radical (unpaired) electrons. The molecule has 2 unspecified atom stereocenters. The van der Waals surface area contributed by atoms with Gasteiger partial charge < -0.3 is 14.6 Å². The molecule has 0 saturated carbocycles. The topological polar surface area (TPSA) is 59.0 Å². The molecule has 0 bridgehead atoms. The van der Waals surface area contributed by atoms with Gasteiger partial charge in [-0.1, -0.05) is 6.92 Å². The van der Waals surface area contributed by atoms with Gasteiger partial charge in [-0.05, 0) is 26.2 Å². The maximum atomic E-state index is 10.5. The van der Waals surface area contributed by atoms with E-state index in [-0.39, 0.29) is 12.2 Å². The first-order chi connectivity index (χ1) is 8.52. The molecule has 0 aliphatic carbocycles. The molecular formula is C13H23NO4. The number of aliphatic carboxylic acids is 1. The number of ether oxygens (including phenoxy) is 2. The van der Waals surface area contributed by atoms with Crippen LogP contribution >= 0.6 is 0 Å². The molecular weight excluding hydrogens is 234 g/mol. The van der Waals surface area contributed by atoms with E-state index in [9.17, 15) is 4.79 Å². The second-order valence-electron chi connectivity index (χ2n) is 5.62. The molecule has 5 nitrogen and oxygen atoms in total. The lowest BCUT2D eigenvalue weighted by Crippen LogP contribution is -2.65. The minimum absolute atomic E-state index is 0.199. The van der Waals surface area contributed by atoms with Crippen LogP contribution in [0.2, 0.25) is 0 Å². The Kier molecular flexibility index (Phi) is 4.25. The van der Waals surface area contributed by atoms with Crippen molar-refractivity contribution in [2.45, 2.75) is 50.9 Å². The fourth-order valence-corrected chi connectivity index (χ4v) is 2.87. The van der Waals surface area contributed by atoms with E-state index in [4.69, 9.17) is 14.6 Å². The molecule has 0 spiro atoms. The summed E-state index contributed by atoms with van der Waals surface area (Å²) in [5.41, 5.74) is -0.279. The highest BCUT2D eigenvalue weighted by Gasteiger charge is 2.44. The summed E-state index contributed by atoms with van der Waals surface area (Å²) in [6.45, 7) is 6.46. The maximum absolute atomic E-state index is 10.5. The largest absolute Gasteiger partial charge is 0.480 e. The first-order valence-corrected chi connectivity index (χ1v) is 6.74. The summed E-state index contributed by atoms with van der Waals surface area (Å²) in [5.74, 6) is -0.896. The Labute approximate surface area is 108 Å². The summed E-state index contributed by atoms with van der Waals surface area (Å²) in [5, 5.41) is 8.62. The zero-order valence-electron chi connectivity index (χ0n) is 11.2. The summed E-state index contributed by atoms with van der Waals surface area (Å²) < 4.78 is 11.1. The molecule has 0 aromatic carbocycles. The second-order valence-corrected chi connectivity index (χ2v) is 5.62. The molecule has 1 N–H and O–H groups in total. The lowest BCUT2D eigenvalue weighted by atomic mass is 9.90. The number of likely N-dealkylation sites (tertiary alicyclic amines) is 1. The number of nitrogens with zero attached hydrogens (tertiary/aromatic N) is 1. The van der Waals surface area contributed by atoms with Crippen LogP contribution in [-0.2, 0) is 14.3 Å². The van der Waals surface area contributed by atoms with Gasteiger partial charge >= 0.3 is 5.97 Å². The molecule has 2 heterocycles. The number of hydrogen-bond acceptors (Lipinski definition) is 4. The van der Waals surface area contributed by atoms with Gasteiger partial charge in [-0.25, -0.2) is 4.79 Å². The molecule has 2 atom stereocenters. The smallest absolute Gasteiger partial charge is 0.329 e. The monoisotopic (exact) mass is 257 g/mol. The average molecular weight is 257 g/mol. The van der Waals surface area contributed by atoms with Crippen molar-refractivity contribution in [2.24, 2.45) is 0 Å². The molecule has 2 rings (SSSR count). The third-order valence-corrected chi connectivity index (χ3v) is 3.93. The molecule has 2 aliphatic rings. The van der Waals surface area contributed by atoms with Crippen LogP contribution in [0.4, 0.5) is 0 Å². The number of carboxylic acid groups (broad SMARTS) is 1. The Bertz CT molecular complexity index is 301. The van der Waals surface area contributed by atoms with E-state index in [1.807, 2.05) is 6.92 Å². The van der Waals surface area contributed by atoms with Crippen molar-refractivity contribution in [2.75, 3.05) is 26.3 Å². The van der Waals surface area contributed by atoms with Gasteiger partial charge in [-0.2, -0.15) is 0 Å². The minimum atomic E-state index is -0.896. The first kappa shape index (κ1) is 13.8. The van der Waals surface area contributed by atoms with Gasteiger partial charge in [0.15, 0.2) is 0 Å². The molecule has 5 heteroatoms. The van der Waals surface area contributed by atoms with Gasteiger partial charge in [0.2, 0.25) is 0 Å². The van der Waals surface area contributed by atoms with E-state index >= 15 is 0 Å². The molecule has 18 heavy (non-hydrogen) atoms. The van der Waals surface area contributed by atoms with Crippen LogP contribution in [0.1, 0.15) is 33.1 Å². The molecule has 0 aromatic heterocycles. The molecule has 2 saturated heterocycles. The average Bonchev–Trinajstić information content (AvgIpc) is 2.33. The maximum Gasteiger partial charge on any atom is 0.329 e. The lowest BCUT2D eigenvalue weighted by Gasteiger charge is -2.52. The van der Waals surface area contributed by atoms with Gasteiger partial charge in [0, 0.05) is 25.7 Å². The van der Waals surface area contributed by atoms with E-state index in [2.05, 4.69) is 11.8 Å². The number of rotatable bonds is 5. The van der Waals surface area contributed by atoms with Crippen LogP contribution in [0, 0.1) is 0 Å². The van der Waals surface area contributed by atoms with Crippen LogP contribution in [0.15, 0.2) is 0 Å². The summed E-state index contributed by atoms with van der Waals surface area (Å²) in [7, 11) is 0. The Hall–Kier alpha value is -0.650. The van der Waals surface area contributed by atoms with Gasteiger partial charge in [0.1, 0.15) is 6.61 Å². The molecule has 104 valence electrons. The fraction of sp³-hybridized carbons (Fsp3) is 0.923. The predicted octanol–water partition coefficient (Wildman–Crippen LogP) is 1.12. The predicted molar refractivity (Wildman–Crippen MR) is 66.6 cm³/mol. The van der Waals surface area contributed by atoms with Gasteiger partial charge in [-0.15, -0.1) is 0 Å². The Morgan fingerprint density at radius 1 is 1.56 bits per heavy atom. The minimum Gasteiger partial charge on any atom is -0.480 e. The zero-order valence-corrected chi connectivity index (χ0v) is 11.2. The van der Waals surface area contributed by atoms with Crippen molar-refractivity contribution in [3.05, 3.63) is 0 Å². The van der Waals surface area contributed by atoms with Gasteiger partial charge in [-0.3, -0.25) is 4.90 Å². The Morgan fingerprint density at radius 2 is 2.28 bits per heavy atom. The number of carboxylic acids is 1. The van der Waals surface area contributed by atoms with Crippen molar-refractivity contribution < 1.29 is 19.4 Å². The van der Waals surface area contributed by atoms with E-state index in [0.717, 1.165) is 39.0 Å². The third-order valence-electron chi connectivity index (χ3n) is 3.93. The van der Waals surface area contributed by atoms with Crippen LogP contribution in [-0.4, -0.2) is 60.0 Å². The normalized spacial score (nSPS) is 31.9. The van der Waals surface area contributed by atoms with Crippen molar-refractivity contribution in [1.82, 2.24) is 4.90 Å². The summed E-state index contributed by atoms with van der Waals surface area (Å²) >= 11 is 0. The SMILES string of the molecule is CCC1CC(N2CC(C)(OCC(=O)O)C2)CCO1. The van der Waals surface area contributed by atoms with Crippen molar-refractivity contribution in [3.63, 3.8) is 0 Å². The van der Waals surface area contributed by atoms with Crippen molar-refractivity contribution in [3.8, 4) is 0 Å². The van der Waals surface area contributed by atoms with E-state index < -0.39 is 5.97 Å². The summed E-state index contributed by atoms with van der Waals surface area (Å²) in [6.07, 6.45) is 3.62. The second kappa shape index (κ2) is 5.55. The van der Waals surface area contributed by atoms with Crippen LogP contribution in [0.3, 0.4) is 0 Å².